The molecular weight excluding hydrogens is 331 g/mol. The Morgan fingerprint density at radius 1 is 1.12 bits per heavy atom. The standard InChI is InChI=1S/C18H24F3N3O/c1-17(16-22-10-12-24(16)4,25-13-5-11-23(2)3)14-6-8-15(9-7-14)18(19,20)21/h6-10,12H,5,11,13H2,1-4H3. The third-order valence-corrected chi connectivity index (χ3v) is 4.15. The van der Waals surface area contributed by atoms with Crippen molar-refractivity contribution in [3.05, 3.63) is 53.6 Å². The topological polar surface area (TPSA) is 30.3 Å². The van der Waals surface area contributed by atoms with Crippen LogP contribution in [0.2, 0.25) is 0 Å². The Morgan fingerprint density at radius 2 is 1.72 bits per heavy atom. The van der Waals surface area contributed by atoms with Crippen molar-refractivity contribution >= 4 is 0 Å². The predicted molar refractivity (Wildman–Crippen MR) is 90.2 cm³/mol. The van der Waals surface area contributed by atoms with Crippen LogP contribution in [0, 0.1) is 0 Å². The summed E-state index contributed by atoms with van der Waals surface area (Å²) in [5.41, 5.74) is -0.958. The van der Waals surface area contributed by atoms with E-state index >= 15 is 0 Å². The van der Waals surface area contributed by atoms with Crippen molar-refractivity contribution in [1.29, 1.82) is 0 Å². The maximum absolute atomic E-state index is 12.8. The van der Waals surface area contributed by atoms with Crippen LogP contribution in [0.4, 0.5) is 13.2 Å². The highest BCUT2D eigenvalue weighted by Crippen LogP contribution is 2.35. The van der Waals surface area contributed by atoms with Crippen LogP contribution < -0.4 is 0 Å². The summed E-state index contributed by atoms with van der Waals surface area (Å²) in [5, 5.41) is 0. The lowest BCUT2D eigenvalue weighted by Crippen LogP contribution is -2.32. The lowest BCUT2D eigenvalue weighted by Gasteiger charge is -2.30. The fourth-order valence-electron chi connectivity index (χ4n) is 2.74. The summed E-state index contributed by atoms with van der Waals surface area (Å²) in [6.45, 7) is 3.18. The lowest BCUT2D eigenvalue weighted by atomic mass is 9.93. The number of aromatic nitrogens is 2. The minimum absolute atomic E-state index is 0.475. The van der Waals surface area contributed by atoms with Crippen LogP contribution in [0.25, 0.3) is 0 Å². The monoisotopic (exact) mass is 355 g/mol. The Bertz CT molecular complexity index is 680. The Kier molecular flexibility index (Phi) is 5.90. The second kappa shape index (κ2) is 7.58. The van der Waals surface area contributed by atoms with Crippen molar-refractivity contribution < 1.29 is 17.9 Å². The summed E-state index contributed by atoms with van der Waals surface area (Å²) in [4.78, 5) is 6.41. The van der Waals surface area contributed by atoms with Gasteiger partial charge in [-0.3, -0.25) is 0 Å². The molecule has 1 unspecified atom stereocenters. The van der Waals surface area contributed by atoms with Gasteiger partial charge in [0.05, 0.1) is 5.56 Å². The zero-order valence-electron chi connectivity index (χ0n) is 15.0. The van der Waals surface area contributed by atoms with Crippen molar-refractivity contribution in [2.75, 3.05) is 27.2 Å². The first-order chi connectivity index (χ1) is 11.6. The summed E-state index contributed by atoms with van der Waals surface area (Å²) < 4.78 is 46.4. The van der Waals surface area contributed by atoms with Gasteiger partial charge in [-0.2, -0.15) is 13.2 Å². The van der Waals surface area contributed by atoms with E-state index in [1.165, 1.54) is 12.1 Å². The molecular formula is C18H24F3N3O. The van der Waals surface area contributed by atoms with Gasteiger partial charge in [0.2, 0.25) is 0 Å². The number of ether oxygens (including phenoxy) is 1. The summed E-state index contributed by atoms with van der Waals surface area (Å²) in [5.74, 6) is 0.650. The number of rotatable bonds is 7. The molecule has 138 valence electrons. The molecule has 0 aliphatic rings. The van der Waals surface area contributed by atoms with Crippen molar-refractivity contribution in [1.82, 2.24) is 14.5 Å². The van der Waals surface area contributed by atoms with Gasteiger partial charge in [0.1, 0.15) is 11.4 Å². The Hall–Kier alpha value is -1.86. The highest BCUT2D eigenvalue weighted by molar-refractivity contribution is 5.33. The minimum atomic E-state index is -4.36. The zero-order chi connectivity index (χ0) is 18.7. The van der Waals surface area contributed by atoms with Gasteiger partial charge in [-0.25, -0.2) is 4.98 Å². The Morgan fingerprint density at radius 3 is 2.20 bits per heavy atom. The normalized spacial score (nSPS) is 14.7. The van der Waals surface area contributed by atoms with Crippen LogP contribution in [0.3, 0.4) is 0 Å². The van der Waals surface area contributed by atoms with Crippen LogP contribution in [-0.2, 0) is 23.6 Å². The van der Waals surface area contributed by atoms with Crippen LogP contribution in [-0.4, -0.2) is 41.7 Å². The van der Waals surface area contributed by atoms with Crippen LogP contribution in [0.15, 0.2) is 36.7 Å². The SMILES string of the molecule is CN(C)CCCOC(C)(c1ccc(C(F)(F)F)cc1)c1nccn1C. The fraction of sp³-hybridized carbons (Fsp3) is 0.500. The summed E-state index contributed by atoms with van der Waals surface area (Å²) >= 11 is 0. The molecule has 0 spiro atoms. The predicted octanol–water partition coefficient (Wildman–Crippen LogP) is 3.67. The van der Waals surface area contributed by atoms with Crippen LogP contribution >= 0.6 is 0 Å². The van der Waals surface area contributed by atoms with E-state index < -0.39 is 17.3 Å². The number of hydrogen-bond acceptors (Lipinski definition) is 3. The summed E-state index contributed by atoms with van der Waals surface area (Å²) in [6, 6.07) is 5.09. The van der Waals surface area contributed by atoms with Gasteiger partial charge < -0.3 is 14.2 Å². The smallest absolute Gasteiger partial charge is 0.363 e. The Labute approximate surface area is 146 Å². The number of imidazole rings is 1. The first kappa shape index (κ1) is 19.5. The molecule has 2 rings (SSSR count). The summed E-state index contributed by atoms with van der Waals surface area (Å²) in [6.07, 6.45) is -0.0972. The molecule has 1 heterocycles. The maximum atomic E-state index is 12.8. The molecule has 0 aliphatic carbocycles. The molecule has 1 aromatic carbocycles. The van der Waals surface area contributed by atoms with Gasteiger partial charge in [-0.1, -0.05) is 12.1 Å². The van der Waals surface area contributed by atoms with E-state index in [-0.39, 0.29) is 0 Å². The number of hydrogen-bond donors (Lipinski definition) is 0. The molecule has 0 saturated carbocycles. The first-order valence-electron chi connectivity index (χ1n) is 8.09. The van der Waals surface area contributed by atoms with Gasteiger partial charge in [0.25, 0.3) is 0 Å². The third kappa shape index (κ3) is 4.61. The van der Waals surface area contributed by atoms with Crippen LogP contribution in [0.1, 0.15) is 30.3 Å². The van der Waals surface area contributed by atoms with E-state index in [0.29, 0.717) is 18.0 Å². The molecule has 0 amide bonds. The van der Waals surface area contributed by atoms with E-state index in [0.717, 1.165) is 25.1 Å². The van der Waals surface area contributed by atoms with Crippen molar-refractivity contribution in [3.63, 3.8) is 0 Å². The average Bonchev–Trinajstić information content (AvgIpc) is 2.97. The van der Waals surface area contributed by atoms with E-state index in [1.54, 1.807) is 12.4 Å². The van der Waals surface area contributed by atoms with Gasteiger partial charge in [0, 0.05) is 26.0 Å². The zero-order valence-corrected chi connectivity index (χ0v) is 15.0. The summed E-state index contributed by atoms with van der Waals surface area (Å²) in [7, 11) is 5.80. The van der Waals surface area contributed by atoms with E-state index in [9.17, 15) is 13.2 Å². The first-order valence-corrected chi connectivity index (χ1v) is 8.09. The lowest BCUT2D eigenvalue weighted by molar-refractivity contribution is -0.137. The number of alkyl halides is 3. The van der Waals surface area contributed by atoms with E-state index in [1.807, 2.05) is 32.6 Å². The fourth-order valence-corrected chi connectivity index (χ4v) is 2.74. The minimum Gasteiger partial charge on any atom is -0.363 e. The number of aryl methyl sites for hydroxylation is 1. The van der Waals surface area contributed by atoms with Crippen molar-refractivity contribution in [3.8, 4) is 0 Å². The molecule has 0 radical (unpaired) electrons. The second-order valence-corrected chi connectivity index (χ2v) is 6.48. The van der Waals surface area contributed by atoms with Crippen molar-refractivity contribution in [2.24, 2.45) is 7.05 Å². The van der Waals surface area contributed by atoms with E-state index in [4.69, 9.17) is 4.74 Å². The van der Waals surface area contributed by atoms with E-state index in [2.05, 4.69) is 9.88 Å². The molecule has 25 heavy (non-hydrogen) atoms. The molecule has 1 aromatic heterocycles. The van der Waals surface area contributed by atoms with Gasteiger partial charge in [-0.15, -0.1) is 0 Å². The number of benzene rings is 1. The highest BCUT2D eigenvalue weighted by atomic mass is 19.4. The molecule has 0 saturated heterocycles. The Balaban J connectivity index is 2.30. The van der Waals surface area contributed by atoms with Gasteiger partial charge in [-0.05, 0) is 51.7 Å². The average molecular weight is 355 g/mol. The van der Waals surface area contributed by atoms with Gasteiger partial charge >= 0.3 is 6.18 Å². The highest BCUT2D eigenvalue weighted by Gasteiger charge is 2.35. The molecule has 7 heteroatoms. The van der Waals surface area contributed by atoms with Gasteiger partial charge in [0.15, 0.2) is 0 Å². The maximum Gasteiger partial charge on any atom is 0.416 e. The largest absolute Gasteiger partial charge is 0.416 e. The number of nitrogens with zero attached hydrogens (tertiary/aromatic N) is 3. The molecule has 0 aliphatic heterocycles. The molecule has 0 bridgehead atoms. The second-order valence-electron chi connectivity index (χ2n) is 6.48. The molecule has 0 N–H and O–H groups in total. The molecule has 4 nitrogen and oxygen atoms in total. The molecule has 1 atom stereocenters. The molecule has 0 fully saturated rings. The quantitative estimate of drug-likeness (QED) is 0.710. The number of halogens is 3. The molecule has 2 aromatic rings. The van der Waals surface area contributed by atoms with Crippen molar-refractivity contribution in [2.45, 2.75) is 25.1 Å². The third-order valence-electron chi connectivity index (χ3n) is 4.15. The van der Waals surface area contributed by atoms with Crippen LogP contribution in [0.5, 0.6) is 0 Å².